The van der Waals surface area contributed by atoms with Crippen molar-refractivity contribution in [1.29, 1.82) is 0 Å². The Labute approximate surface area is 117 Å². The van der Waals surface area contributed by atoms with E-state index in [4.69, 9.17) is 5.73 Å². The molecule has 3 rings (SSSR count). The molecule has 20 heavy (non-hydrogen) atoms. The molecule has 0 unspecified atom stereocenters. The number of carbonyl (C=O) groups is 1. The summed E-state index contributed by atoms with van der Waals surface area (Å²) in [6.07, 6.45) is 1.74. The molecule has 6 nitrogen and oxygen atoms in total. The maximum absolute atomic E-state index is 12.4. The molecule has 104 valence electrons. The van der Waals surface area contributed by atoms with Crippen LogP contribution in [0.5, 0.6) is 0 Å². The predicted molar refractivity (Wildman–Crippen MR) is 77.5 cm³/mol. The van der Waals surface area contributed by atoms with Gasteiger partial charge in [0.1, 0.15) is 0 Å². The standard InChI is InChI=1S/C14H17N5O/c1-9-2-3-10(15)6-12(9)18-14(20)13-17-8-11-7-16-4-5-19(11)13/h2-3,6,8,16H,4-5,7,15H2,1H3,(H,18,20). The SMILES string of the molecule is Cc1ccc(N)cc1NC(=O)c1ncc2n1CCNC2. The van der Waals surface area contributed by atoms with Crippen molar-refractivity contribution in [2.24, 2.45) is 0 Å². The summed E-state index contributed by atoms with van der Waals surface area (Å²) in [6.45, 7) is 4.28. The highest BCUT2D eigenvalue weighted by atomic mass is 16.2. The second-order valence-electron chi connectivity index (χ2n) is 4.93. The lowest BCUT2D eigenvalue weighted by Crippen LogP contribution is -2.30. The largest absolute Gasteiger partial charge is 0.399 e. The van der Waals surface area contributed by atoms with Crippen LogP contribution in [0.4, 0.5) is 11.4 Å². The average Bonchev–Trinajstić information content (AvgIpc) is 2.87. The van der Waals surface area contributed by atoms with E-state index in [1.807, 2.05) is 23.6 Å². The molecule has 1 aliphatic rings. The van der Waals surface area contributed by atoms with E-state index in [9.17, 15) is 4.79 Å². The van der Waals surface area contributed by atoms with E-state index in [1.165, 1.54) is 0 Å². The maximum Gasteiger partial charge on any atom is 0.291 e. The number of benzene rings is 1. The fraction of sp³-hybridized carbons (Fsp3) is 0.286. The van der Waals surface area contributed by atoms with Crippen molar-refractivity contribution in [2.75, 3.05) is 17.6 Å². The molecule has 0 saturated heterocycles. The van der Waals surface area contributed by atoms with Crippen molar-refractivity contribution >= 4 is 17.3 Å². The van der Waals surface area contributed by atoms with Gasteiger partial charge < -0.3 is 20.9 Å². The number of hydrogen-bond donors (Lipinski definition) is 3. The number of nitrogens with two attached hydrogens (primary N) is 1. The van der Waals surface area contributed by atoms with E-state index in [-0.39, 0.29) is 5.91 Å². The molecule has 0 bridgehead atoms. The third kappa shape index (κ3) is 2.25. The topological polar surface area (TPSA) is 85.0 Å². The van der Waals surface area contributed by atoms with Crippen molar-refractivity contribution in [3.63, 3.8) is 0 Å². The number of aromatic nitrogens is 2. The Balaban J connectivity index is 1.86. The number of rotatable bonds is 2. The number of anilines is 2. The van der Waals surface area contributed by atoms with Crippen LogP contribution < -0.4 is 16.4 Å². The van der Waals surface area contributed by atoms with Crippen LogP contribution in [0.1, 0.15) is 21.9 Å². The Kier molecular flexibility index (Phi) is 3.15. The molecule has 1 aromatic heterocycles. The zero-order valence-corrected chi connectivity index (χ0v) is 11.3. The monoisotopic (exact) mass is 271 g/mol. The lowest BCUT2D eigenvalue weighted by Gasteiger charge is -2.17. The number of imidazole rings is 1. The van der Waals surface area contributed by atoms with Crippen molar-refractivity contribution in [3.8, 4) is 0 Å². The number of carbonyl (C=O) groups excluding carboxylic acids is 1. The van der Waals surface area contributed by atoms with Crippen LogP contribution in [0.3, 0.4) is 0 Å². The van der Waals surface area contributed by atoms with Crippen LogP contribution in [0.25, 0.3) is 0 Å². The van der Waals surface area contributed by atoms with Gasteiger partial charge in [-0.2, -0.15) is 0 Å². The molecule has 0 saturated carbocycles. The fourth-order valence-corrected chi connectivity index (χ4v) is 2.34. The quantitative estimate of drug-likeness (QED) is 0.715. The van der Waals surface area contributed by atoms with Gasteiger partial charge in [0.25, 0.3) is 5.91 Å². The first-order chi connectivity index (χ1) is 9.65. The lowest BCUT2D eigenvalue weighted by molar-refractivity contribution is 0.101. The Hall–Kier alpha value is -2.34. The number of amides is 1. The highest BCUT2D eigenvalue weighted by molar-refractivity contribution is 6.02. The summed E-state index contributed by atoms with van der Waals surface area (Å²) < 4.78 is 1.95. The van der Waals surface area contributed by atoms with Crippen LogP contribution in [-0.2, 0) is 13.1 Å². The van der Waals surface area contributed by atoms with Crippen molar-refractivity contribution in [3.05, 3.63) is 41.5 Å². The molecule has 1 aliphatic heterocycles. The second kappa shape index (κ2) is 4.97. The van der Waals surface area contributed by atoms with E-state index in [0.717, 1.165) is 36.6 Å². The van der Waals surface area contributed by atoms with Gasteiger partial charge in [0.2, 0.25) is 0 Å². The minimum absolute atomic E-state index is 0.202. The molecule has 0 aliphatic carbocycles. The van der Waals surface area contributed by atoms with E-state index < -0.39 is 0 Å². The predicted octanol–water partition coefficient (Wildman–Crippen LogP) is 1.13. The highest BCUT2D eigenvalue weighted by Gasteiger charge is 2.19. The molecule has 2 aromatic rings. The Morgan fingerprint density at radius 2 is 2.35 bits per heavy atom. The second-order valence-corrected chi connectivity index (χ2v) is 4.93. The summed E-state index contributed by atoms with van der Waals surface area (Å²) in [5.41, 5.74) is 9.11. The maximum atomic E-state index is 12.4. The first kappa shape index (κ1) is 12.7. The molecular weight excluding hydrogens is 254 g/mol. The number of nitrogen functional groups attached to an aromatic ring is 1. The first-order valence-electron chi connectivity index (χ1n) is 6.58. The van der Waals surface area contributed by atoms with Crippen LogP contribution in [-0.4, -0.2) is 22.0 Å². The lowest BCUT2D eigenvalue weighted by atomic mass is 10.2. The van der Waals surface area contributed by atoms with Gasteiger partial charge in [0, 0.05) is 31.0 Å². The zero-order valence-electron chi connectivity index (χ0n) is 11.3. The number of nitrogens with zero attached hydrogens (tertiary/aromatic N) is 2. The minimum atomic E-state index is -0.202. The van der Waals surface area contributed by atoms with Crippen LogP contribution in [0.15, 0.2) is 24.4 Å². The number of hydrogen-bond acceptors (Lipinski definition) is 4. The summed E-state index contributed by atoms with van der Waals surface area (Å²) in [7, 11) is 0. The third-order valence-electron chi connectivity index (χ3n) is 3.47. The smallest absolute Gasteiger partial charge is 0.291 e. The molecule has 4 N–H and O–H groups in total. The molecule has 0 atom stereocenters. The van der Waals surface area contributed by atoms with Crippen LogP contribution in [0, 0.1) is 6.92 Å². The summed E-state index contributed by atoms with van der Waals surface area (Å²) in [4.78, 5) is 16.6. The number of fused-ring (bicyclic) bond motifs is 1. The first-order valence-corrected chi connectivity index (χ1v) is 6.58. The number of nitrogens with one attached hydrogen (secondary N) is 2. The summed E-state index contributed by atoms with van der Waals surface area (Å²) in [5, 5.41) is 6.13. The van der Waals surface area contributed by atoms with E-state index in [1.54, 1.807) is 12.3 Å². The molecular formula is C14H17N5O. The van der Waals surface area contributed by atoms with E-state index in [2.05, 4.69) is 15.6 Å². The van der Waals surface area contributed by atoms with Crippen molar-refractivity contribution in [1.82, 2.24) is 14.9 Å². The van der Waals surface area contributed by atoms with Gasteiger partial charge in [-0.05, 0) is 24.6 Å². The summed E-state index contributed by atoms with van der Waals surface area (Å²) in [5.74, 6) is 0.246. The van der Waals surface area contributed by atoms with Gasteiger partial charge in [-0.15, -0.1) is 0 Å². The highest BCUT2D eigenvalue weighted by Crippen LogP contribution is 2.19. The van der Waals surface area contributed by atoms with Gasteiger partial charge in [-0.3, -0.25) is 4.79 Å². The van der Waals surface area contributed by atoms with E-state index >= 15 is 0 Å². The molecule has 0 radical (unpaired) electrons. The Morgan fingerprint density at radius 3 is 3.20 bits per heavy atom. The van der Waals surface area contributed by atoms with Gasteiger partial charge >= 0.3 is 0 Å². The molecule has 1 aromatic carbocycles. The fourth-order valence-electron chi connectivity index (χ4n) is 2.34. The van der Waals surface area contributed by atoms with E-state index in [0.29, 0.717) is 11.5 Å². The molecule has 0 spiro atoms. The van der Waals surface area contributed by atoms with Crippen LogP contribution in [0.2, 0.25) is 0 Å². The number of aryl methyl sites for hydroxylation is 1. The van der Waals surface area contributed by atoms with Gasteiger partial charge in [-0.25, -0.2) is 4.98 Å². The van der Waals surface area contributed by atoms with Crippen molar-refractivity contribution < 1.29 is 4.79 Å². The Morgan fingerprint density at radius 1 is 1.50 bits per heavy atom. The van der Waals surface area contributed by atoms with Crippen molar-refractivity contribution in [2.45, 2.75) is 20.0 Å². The average molecular weight is 271 g/mol. The minimum Gasteiger partial charge on any atom is -0.399 e. The molecule has 2 heterocycles. The summed E-state index contributed by atoms with van der Waals surface area (Å²) in [6, 6.07) is 5.46. The molecule has 1 amide bonds. The Bertz CT molecular complexity index is 662. The normalized spacial score (nSPS) is 13.8. The van der Waals surface area contributed by atoms with Crippen LogP contribution >= 0.6 is 0 Å². The third-order valence-corrected chi connectivity index (χ3v) is 3.47. The molecule has 6 heteroatoms. The molecule has 0 fully saturated rings. The summed E-state index contributed by atoms with van der Waals surface area (Å²) >= 11 is 0. The van der Waals surface area contributed by atoms with Gasteiger partial charge in [0.15, 0.2) is 5.82 Å². The van der Waals surface area contributed by atoms with Gasteiger partial charge in [-0.1, -0.05) is 6.07 Å². The zero-order chi connectivity index (χ0) is 14.1. The van der Waals surface area contributed by atoms with Gasteiger partial charge in [0.05, 0.1) is 11.9 Å².